The largest absolute Gasteiger partial charge is 0.326 e. The smallest absolute Gasteiger partial charge is 0.292 e. The van der Waals surface area contributed by atoms with Gasteiger partial charge in [-0.1, -0.05) is 53.4 Å². The predicted molar refractivity (Wildman–Crippen MR) is 117 cm³/mol. The second-order valence-electron chi connectivity index (χ2n) is 7.46. The van der Waals surface area contributed by atoms with E-state index in [4.69, 9.17) is 0 Å². The Morgan fingerprint density at radius 3 is 1.90 bits per heavy atom. The van der Waals surface area contributed by atoms with Crippen molar-refractivity contribution in [3.8, 4) is 0 Å². The van der Waals surface area contributed by atoms with Crippen LogP contribution in [0.4, 0.5) is 17.1 Å². The van der Waals surface area contributed by atoms with E-state index in [1.807, 2.05) is 13.8 Å². The van der Waals surface area contributed by atoms with E-state index >= 15 is 0 Å². The van der Waals surface area contributed by atoms with E-state index in [0.29, 0.717) is 12.1 Å². The molecule has 1 aromatic carbocycles. The molecule has 1 rings (SSSR count). The van der Waals surface area contributed by atoms with Gasteiger partial charge in [-0.3, -0.25) is 19.7 Å². The van der Waals surface area contributed by atoms with Crippen molar-refractivity contribution in [1.82, 2.24) is 0 Å². The number of hydrogen-bond acceptors (Lipinski definition) is 4. The SMILES string of the molecule is CCCCC(CC)C(=O)Nc1ccc([N+](=O)[O-])c(NC(=O)C(CC)CCCC)c1. The van der Waals surface area contributed by atoms with Gasteiger partial charge in [0.2, 0.25) is 11.8 Å². The van der Waals surface area contributed by atoms with E-state index in [9.17, 15) is 19.7 Å². The van der Waals surface area contributed by atoms with Gasteiger partial charge in [-0.2, -0.15) is 0 Å². The molecule has 0 aliphatic rings. The van der Waals surface area contributed by atoms with Crippen LogP contribution in [0.1, 0.15) is 79.1 Å². The maximum absolute atomic E-state index is 12.6. The number of nitrogens with one attached hydrogen (secondary N) is 2. The first-order valence-corrected chi connectivity index (χ1v) is 10.8. The molecule has 0 aromatic heterocycles. The van der Waals surface area contributed by atoms with Crippen molar-refractivity contribution >= 4 is 28.9 Å². The summed E-state index contributed by atoms with van der Waals surface area (Å²) in [6, 6.07) is 4.31. The van der Waals surface area contributed by atoms with Gasteiger partial charge >= 0.3 is 0 Å². The summed E-state index contributed by atoms with van der Waals surface area (Å²) in [5.41, 5.74) is 0.390. The molecule has 0 saturated carbocycles. The Balaban J connectivity index is 3.00. The number of amides is 2. The third kappa shape index (κ3) is 7.83. The van der Waals surface area contributed by atoms with Crippen molar-refractivity contribution in [3.05, 3.63) is 28.3 Å². The van der Waals surface area contributed by atoms with Crippen LogP contribution in [-0.2, 0) is 9.59 Å². The third-order valence-electron chi connectivity index (χ3n) is 5.26. The summed E-state index contributed by atoms with van der Waals surface area (Å²) in [7, 11) is 0. The lowest BCUT2D eigenvalue weighted by atomic mass is 9.98. The third-order valence-corrected chi connectivity index (χ3v) is 5.26. The Kier molecular flexibility index (Phi) is 10.9. The molecule has 7 nitrogen and oxygen atoms in total. The van der Waals surface area contributed by atoms with E-state index < -0.39 is 4.92 Å². The Hall–Kier alpha value is -2.44. The molecule has 162 valence electrons. The lowest BCUT2D eigenvalue weighted by Crippen LogP contribution is -2.24. The maximum atomic E-state index is 12.6. The standard InChI is InChI=1S/C22H35N3O4/c1-5-9-11-16(7-3)21(26)23-18-13-14-20(25(28)29)19(15-18)24-22(27)17(8-4)12-10-6-2/h13-17H,5-12H2,1-4H3,(H,23,26)(H,24,27). The molecule has 0 bridgehead atoms. The van der Waals surface area contributed by atoms with Crippen LogP contribution >= 0.6 is 0 Å². The van der Waals surface area contributed by atoms with Crippen LogP contribution < -0.4 is 10.6 Å². The average Bonchev–Trinajstić information content (AvgIpc) is 2.69. The monoisotopic (exact) mass is 405 g/mol. The fourth-order valence-electron chi connectivity index (χ4n) is 3.29. The normalized spacial score (nSPS) is 12.8. The number of carbonyl (C=O) groups excluding carboxylic acids is 2. The summed E-state index contributed by atoms with van der Waals surface area (Å²) >= 11 is 0. The van der Waals surface area contributed by atoms with Crippen LogP contribution in [0.25, 0.3) is 0 Å². The number of benzene rings is 1. The number of unbranched alkanes of at least 4 members (excludes halogenated alkanes) is 2. The molecule has 0 saturated heterocycles. The molecule has 2 amide bonds. The Labute approximate surface area is 173 Å². The van der Waals surface area contributed by atoms with Crippen LogP contribution in [0, 0.1) is 22.0 Å². The number of carbonyl (C=O) groups is 2. The minimum absolute atomic E-state index is 0.0956. The molecule has 2 atom stereocenters. The minimum atomic E-state index is -0.524. The van der Waals surface area contributed by atoms with Gasteiger partial charge in [-0.25, -0.2) is 0 Å². The van der Waals surface area contributed by atoms with Gasteiger partial charge in [0.05, 0.1) is 4.92 Å². The molecule has 0 spiro atoms. The molecule has 1 aromatic rings. The van der Waals surface area contributed by atoms with Crippen molar-refractivity contribution in [3.63, 3.8) is 0 Å². The first-order valence-electron chi connectivity index (χ1n) is 10.8. The van der Waals surface area contributed by atoms with Crippen LogP contribution in [0.2, 0.25) is 0 Å². The van der Waals surface area contributed by atoms with Gasteiger partial charge in [0, 0.05) is 23.6 Å². The van der Waals surface area contributed by atoms with Crippen LogP contribution in [0.3, 0.4) is 0 Å². The summed E-state index contributed by atoms with van der Waals surface area (Å²) in [6.45, 7) is 8.06. The van der Waals surface area contributed by atoms with Gasteiger partial charge in [-0.15, -0.1) is 0 Å². The van der Waals surface area contributed by atoms with Crippen molar-refractivity contribution in [1.29, 1.82) is 0 Å². The molecule has 2 N–H and O–H groups in total. The van der Waals surface area contributed by atoms with Gasteiger partial charge in [0.15, 0.2) is 0 Å². The second-order valence-corrected chi connectivity index (χ2v) is 7.46. The highest BCUT2D eigenvalue weighted by atomic mass is 16.6. The van der Waals surface area contributed by atoms with Crippen LogP contribution in [0.15, 0.2) is 18.2 Å². The minimum Gasteiger partial charge on any atom is -0.326 e. The number of nitro groups is 1. The molecule has 0 aliphatic heterocycles. The Morgan fingerprint density at radius 1 is 0.931 bits per heavy atom. The van der Waals surface area contributed by atoms with Crippen molar-refractivity contribution in [2.24, 2.45) is 11.8 Å². The molecular formula is C22H35N3O4. The van der Waals surface area contributed by atoms with Crippen LogP contribution in [-0.4, -0.2) is 16.7 Å². The van der Waals surface area contributed by atoms with Crippen molar-refractivity contribution in [2.45, 2.75) is 79.1 Å². The quantitative estimate of drug-likeness (QED) is 0.315. The molecule has 7 heteroatoms. The van der Waals surface area contributed by atoms with Crippen molar-refractivity contribution in [2.75, 3.05) is 10.6 Å². The van der Waals surface area contributed by atoms with Crippen LogP contribution in [0.5, 0.6) is 0 Å². The summed E-state index contributed by atoms with van der Waals surface area (Å²) in [5, 5.41) is 16.9. The molecular weight excluding hydrogens is 370 g/mol. The van der Waals surface area contributed by atoms with E-state index in [1.54, 1.807) is 0 Å². The number of rotatable bonds is 13. The van der Waals surface area contributed by atoms with E-state index in [0.717, 1.165) is 44.9 Å². The first-order chi connectivity index (χ1) is 13.9. The summed E-state index contributed by atoms with van der Waals surface area (Å²) < 4.78 is 0. The lowest BCUT2D eigenvalue weighted by molar-refractivity contribution is -0.383. The van der Waals surface area contributed by atoms with E-state index in [1.165, 1.54) is 18.2 Å². The molecule has 29 heavy (non-hydrogen) atoms. The highest BCUT2D eigenvalue weighted by molar-refractivity contribution is 5.97. The highest BCUT2D eigenvalue weighted by Gasteiger charge is 2.22. The molecule has 0 fully saturated rings. The lowest BCUT2D eigenvalue weighted by Gasteiger charge is -2.17. The number of hydrogen-bond donors (Lipinski definition) is 2. The zero-order valence-corrected chi connectivity index (χ0v) is 18.1. The zero-order chi connectivity index (χ0) is 21.8. The van der Waals surface area contributed by atoms with Gasteiger partial charge < -0.3 is 10.6 Å². The summed E-state index contributed by atoms with van der Waals surface area (Å²) in [4.78, 5) is 36.0. The van der Waals surface area contributed by atoms with Gasteiger partial charge in [0.25, 0.3) is 5.69 Å². The molecule has 2 unspecified atom stereocenters. The Bertz CT molecular complexity index is 691. The Morgan fingerprint density at radius 2 is 1.45 bits per heavy atom. The highest BCUT2D eigenvalue weighted by Crippen LogP contribution is 2.29. The molecule has 0 radical (unpaired) electrons. The van der Waals surface area contributed by atoms with Crippen molar-refractivity contribution < 1.29 is 14.5 Å². The van der Waals surface area contributed by atoms with Gasteiger partial charge in [-0.05, 0) is 37.8 Å². The fourth-order valence-corrected chi connectivity index (χ4v) is 3.29. The maximum Gasteiger partial charge on any atom is 0.292 e. The first kappa shape index (κ1) is 24.6. The number of nitrogens with zero attached hydrogens (tertiary/aromatic N) is 1. The second kappa shape index (κ2) is 12.9. The predicted octanol–water partition coefficient (Wildman–Crippen LogP) is 5.90. The number of nitro benzene ring substituents is 1. The zero-order valence-electron chi connectivity index (χ0n) is 18.1. The van der Waals surface area contributed by atoms with E-state index in [-0.39, 0.29) is 35.0 Å². The van der Waals surface area contributed by atoms with Gasteiger partial charge in [0.1, 0.15) is 5.69 Å². The molecule has 0 heterocycles. The molecule has 0 aliphatic carbocycles. The average molecular weight is 406 g/mol. The summed E-state index contributed by atoms with van der Waals surface area (Å²) in [6.07, 6.45) is 6.88. The number of anilines is 2. The van der Waals surface area contributed by atoms with E-state index in [2.05, 4.69) is 24.5 Å². The fraction of sp³-hybridized carbons (Fsp3) is 0.636. The topological polar surface area (TPSA) is 101 Å². The summed E-state index contributed by atoms with van der Waals surface area (Å²) in [5.74, 6) is -0.601.